The average molecular weight is 267 g/mol. The van der Waals surface area contributed by atoms with Gasteiger partial charge < -0.3 is 25.4 Å². The minimum atomic E-state index is -1.49. The maximum absolute atomic E-state index is 12.0. The van der Waals surface area contributed by atoms with Crippen LogP contribution in [0.3, 0.4) is 0 Å². The highest BCUT2D eigenvalue weighted by Gasteiger charge is 2.44. The summed E-state index contributed by atoms with van der Waals surface area (Å²) in [5.74, 6) is -2.51. The molecule has 1 fully saturated rings. The molecule has 1 aliphatic rings. The highest BCUT2D eigenvalue weighted by molar-refractivity contribution is 6.00. The van der Waals surface area contributed by atoms with Gasteiger partial charge >= 0.3 is 5.97 Å². The molecule has 7 nitrogen and oxygen atoms in total. The number of benzene rings is 1. The van der Waals surface area contributed by atoms with Gasteiger partial charge in [0.2, 0.25) is 0 Å². The zero-order valence-electron chi connectivity index (χ0n) is 9.92. The van der Waals surface area contributed by atoms with Gasteiger partial charge in [0.05, 0.1) is 12.2 Å². The molecule has 0 spiro atoms. The van der Waals surface area contributed by atoms with E-state index >= 15 is 0 Å². The Balaban J connectivity index is 2.25. The van der Waals surface area contributed by atoms with Crippen molar-refractivity contribution >= 4 is 11.9 Å². The Kier molecular flexibility index (Phi) is 3.30. The van der Waals surface area contributed by atoms with E-state index in [1.165, 1.54) is 6.07 Å². The summed E-state index contributed by atoms with van der Waals surface area (Å²) in [5.41, 5.74) is -1.68. The fourth-order valence-electron chi connectivity index (χ4n) is 1.88. The topological polar surface area (TPSA) is 116 Å². The summed E-state index contributed by atoms with van der Waals surface area (Å²) < 4.78 is 5.01. The van der Waals surface area contributed by atoms with Crippen LogP contribution >= 0.6 is 0 Å². The molecule has 4 N–H and O–H groups in total. The Hall–Kier alpha value is -2.28. The van der Waals surface area contributed by atoms with Gasteiger partial charge in [0, 0.05) is 13.0 Å². The highest BCUT2D eigenvalue weighted by Crippen LogP contribution is 2.24. The molecular formula is C12H13NO6. The van der Waals surface area contributed by atoms with Gasteiger partial charge in [0.25, 0.3) is 5.91 Å². The van der Waals surface area contributed by atoms with Crippen LogP contribution in [0.25, 0.3) is 0 Å². The van der Waals surface area contributed by atoms with Gasteiger partial charge in [-0.2, -0.15) is 0 Å². The average Bonchev–Trinajstić information content (AvgIpc) is 2.82. The number of carboxylic acid groups (broad SMARTS) is 1. The smallest absolute Gasteiger partial charge is 0.331 e. The van der Waals surface area contributed by atoms with Crippen LogP contribution < -0.4 is 5.32 Å². The first-order valence-corrected chi connectivity index (χ1v) is 5.60. The number of carbonyl (C=O) groups is 2. The van der Waals surface area contributed by atoms with Crippen LogP contribution in [0.4, 0.5) is 0 Å². The lowest BCUT2D eigenvalue weighted by Gasteiger charge is -2.23. The third-order valence-corrected chi connectivity index (χ3v) is 3.01. The van der Waals surface area contributed by atoms with Crippen LogP contribution in [-0.4, -0.2) is 45.9 Å². The highest BCUT2D eigenvalue weighted by atomic mass is 16.5. The molecule has 7 heteroatoms. The third kappa shape index (κ3) is 2.45. The number of amides is 1. The molecule has 19 heavy (non-hydrogen) atoms. The molecule has 1 atom stereocenters. The number of phenolic OH excluding ortho intramolecular Hbond substituents is 2. The van der Waals surface area contributed by atoms with Crippen LogP contribution in [0.2, 0.25) is 0 Å². The first-order chi connectivity index (χ1) is 8.94. The van der Waals surface area contributed by atoms with Crippen molar-refractivity contribution in [3.8, 4) is 11.5 Å². The molecule has 1 saturated heterocycles. The van der Waals surface area contributed by atoms with E-state index in [2.05, 4.69) is 5.32 Å². The Morgan fingerprint density at radius 1 is 1.32 bits per heavy atom. The normalized spacial score (nSPS) is 22.1. The van der Waals surface area contributed by atoms with E-state index < -0.39 is 17.4 Å². The van der Waals surface area contributed by atoms with Crippen molar-refractivity contribution in [3.05, 3.63) is 23.8 Å². The first-order valence-electron chi connectivity index (χ1n) is 5.60. The molecule has 1 amide bonds. The van der Waals surface area contributed by atoms with Crippen molar-refractivity contribution in [2.45, 2.75) is 12.0 Å². The molecule has 0 saturated carbocycles. The Bertz CT molecular complexity index is 521. The predicted molar refractivity (Wildman–Crippen MR) is 63.0 cm³/mol. The largest absolute Gasteiger partial charge is 0.508 e. The van der Waals surface area contributed by atoms with E-state index in [0.29, 0.717) is 0 Å². The molecule has 1 unspecified atom stereocenters. The molecule has 1 aromatic carbocycles. The van der Waals surface area contributed by atoms with Crippen LogP contribution in [0.1, 0.15) is 16.8 Å². The van der Waals surface area contributed by atoms with Crippen LogP contribution in [0.15, 0.2) is 18.2 Å². The molecular weight excluding hydrogens is 254 g/mol. The number of ether oxygens (including phenoxy) is 1. The quantitative estimate of drug-likeness (QED) is 0.576. The number of aromatic hydroxyl groups is 2. The molecule has 1 heterocycles. The molecule has 0 radical (unpaired) electrons. The van der Waals surface area contributed by atoms with E-state index in [9.17, 15) is 24.9 Å². The number of nitrogens with one attached hydrogen (secondary N) is 1. The van der Waals surface area contributed by atoms with Crippen LogP contribution in [0, 0.1) is 0 Å². The van der Waals surface area contributed by atoms with E-state index in [-0.39, 0.29) is 36.7 Å². The first kappa shape index (κ1) is 13.2. The molecule has 0 bridgehead atoms. The number of hydrogen-bond acceptors (Lipinski definition) is 5. The Morgan fingerprint density at radius 3 is 2.63 bits per heavy atom. The SMILES string of the molecule is O=C(NC1(C(=O)O)CCOC1)c1cc(O)ccc1O. The number of aliphatic carboxylic acids is 1. The van der Waals surface area contributed by atoms with Gasteiger partial charge in [-0.1, -0.05) is 0 Å². The minimum Gasteiger partial charge on any atom is -0.508 e. The lowest BCUT2D eigenvalue weighted by atomic mass is 9.98. The zero-order valence-corrected chi connectivity index (χ0v) is 9.92. The van der Waals surface area contributed by atoms with Gasteiger partial charge in [-0.3, -0.25) is 4.79 Å². The lowest BCUT2D eigenvalue weighted by Crippen LogP contribution is -2.55. The second-order valence-electron chi connectivity index (χ2n) is 4.35. The molecule has 0 aromatic heterocycles. The maximum atomic E-state index is 12.0. The van der Waals surface area contributed by atoms with Gasteiger partial charge in [-0.15, -0.1) is 0 Å². The van der Waals surface area contributed by atoms with Gasteiger partial charge in [0.1, 0.15) is 11.5 Å². The zero-order chi connectivity index (χ0) is 14.0. The van der Waals surface area contributed by atoms with Gasteiger partial charge in [0.15, 0.2) is 5.54 Å². The molecule has 2 rings (SSSR count). The number of phenols is 2. The summed E-state index contributed by atoms with van der Waals surface area (Å²) in [6.07, 6.45) is 0.146. The summed E-state index contributed by atoms with van der Waals surface area (Å²) in [6, 6.07) is 3.44. The van der Waals surface area contributed by atoms with Crippen LogP contribution in [0.5, 0.6) is 11.5 Å². The van der Waals surface area contributed by atoms with E-state index in [0.717, 1.165) is 12.1 Å². The Morgan fingerprint density at radius 2 is 2.05 bits per heavy atom. The number of rotatable bonds is 3. The van der Waals surface area contributed by atoms with Crippen molar-refractivity contribution in [2.24, 2.45) is 0 Å². The fraction of sp³-hybridized carbons (Fsp3) is 0.333. The number of carboxylic acids is 1. The lowest BCUT2D eigenvalue weighted by molar-refractivity contribution is -0.144. The van der Waals surface area contributed by atoms with E-state index in [1.54, 1.807) is 0 Å². The number of hydrogen-bond donors (Lipinski definition) is 4. The third-order valence-electron chi connectivity index (χ3n) is 3.01. The Labute approximate surface area is 108 Å². The molecule has 1 aromatic rings. The summed E-state index contributed by atoms with van der Waals surface area (Å²) in [6.45, 7) is 0.103. The second-order valence-corrected chi connectivity index (χ2v) is 4.35. The van der Waals surface area contributed by atoms with Crippen molar-refractivity contribution in [1.82, 2.24) is 5.32 Å². The molecule has 102 valence electrons. The maximum Gasteiger partial charge on any atom is 0.331 e. The van der Waals surface area contributed by atoms with Crippen LogP contribution in [-0.2, 0) is 9.53 Å². The van der Waals surface area contributed by atoms with Crippen molar-refractivity contribution in [2.75, 3.05) is 13.2 Å². The summed E-state index contributed by atoms with van der Waals surface area (Å²) in [4.78, 5) is 23.2. The van der Waals surface area contributed by atoms with Gasteiger partial charge in [-0.25, -0.2) is 4.79 Å². The number of carbonyl (C=O) groups excluding carboxylic acids is 1. The van der Waals surface area contributed by atoms with Crippen molar-refractivity contribution < 1.29 is 29.6 Å². The van der Waals surface area contributed by atoms with Crippen molar-refractivity contribution in [3.63, 3.8) is 0 Å². The summed E-state index contributed by atoms with van der Waals surface area (Å²) in [5, 5.41) is 30.4. The standard InChI is InChI=1S/C12H13NO6/c14-7-1-2-9(15)8(5-7)10(16)13-12(11(17)18)3-4-19-6-12/h1-2,5,14-15H,3-4,6H2,(H,13,16)(H,17,18). The summed E-state index contributed by atoms with van der Waals surface area (Å²) in [7, 11) is 0. The molecule has 1 aliphatic heterocycles. The summed E-state index contributed by atoms with van der Waals surface area (Å²) >= 11 is 0. The van der Waals surface area contributed by atoms with Crippen molar-refractivity contribution in [1.29, 1.82) is 0 Å². The predicted octanol–water partition coefficient (Wildman–Crippen LogP) is 0.0713. The monoisotopic (exact) mass is 267 g/mol. The minimum absolute atomic E-state index is 0.131. The van der Waals surface area contributed by atoms with Gasteiger partial charge in [-0.05, 0) is 18.2 Å². The van der Waals surface area contributed by atoms with E-state index in [4.69, 9.17) is 4.74 Å². The second kappa shape index (κ2) is 4.77. The fourth-order valence-corrected chi connectivity index (χ4v) is 1.88. The van der Waals surface area contributed by atoms with E-state index in [1.807, 2.05) is 0 Å². The molecule has 0 aliphatic carbocycles.